The fraction of sp³-hybridized carbons (Fsp3) is 0.429. The van der Waals surface area contributed by atoms with Crippen LogP contribution in [0.3, 0.4) is 0 Å². The second-order valence-electron chi connectivity index (χ2n) is 6.83. The number of rotatable bonds is 6. The van der Waals surface area contributed by atoms with Gasteiger partial charge in [-0.2, -0.15) is 0 Å². The molecule has 1 fully saturated rings. The zero-order valence-corrected chi connectivity index (χ0v) is 15.8. The Morgan fingerprint density at radius 1 is 1.04 bits per heavy atom. The zero-order chi connectivity index (χ0) is 18.2. The number of pyridine rings is 1. The van der Waals surface area contributed by atoms with E-state index in [9.17, 15) is 4.79 Å². The summed E-state index contributed by atoms with van der Waals surface area (Å²) in [4.78, 5) is 19.0. The van der Waals surface area contributed by atoms with Crippen LogP contribution in [0.1, 0.15) is 43.2 Å². The summed E-state index contributed by atoms with van der Waals surface area (Å²) in [7, 11) is 0. The Balaban J connectivity index is 1.48. The summed E-state index contributed by atoms with van der Waals surface area (Å²) in [5.74, 6) is 1.09. The summed E-state index contributed by atoms with van der Waals surface area (Å²) in [6.07, 6.45) is 8.11. The first-order chi connectivity index (χ1) is 12.7. The van der Waals surface area contributed by atoms with E-state index < -0.39 is 0 Å². The fourth-order valence-electron chi connectivity index (χ4n) is 3.24. The van der Waals surface area contributed by atoms with E-state index in [1.165, 1.54) is 25.7 Å². The average molecular weight is 372 g/mol. The number of aryl methyl sites for hydroxylation is 1. The van der Waals surface area contributed by atoms with Crippen molar-refractivity contribution in [2.24, 2.45) is 0 Å². The van der Waals surface area contributed by atoms with E-state index in [1.54, 1.807) is 0 Å². The summed E-state index contributed by atoms with van der Waals surface area (Å²) in [6, 6.07) is 11.7. The normalized spacial score (nSPS) is 14.7. The van der Waals surface area contributed by atoms with Crippen molar-refractivity contribution in [2.75, 3.05) is 18.0 Å². The van der Waals surface area contributed by atoms with Gasteiger partial charge >= 0.3 is 0 Å². The topological polar surface area (TPSA) is 45.2 Å². The van der Waals surface area contributed by atoms with Gasteiger partial charge in [0.2, 0.25) is 5.91 Å². The van der Waals surface area contributed by atoms with E-state index in [-0.39, 0.29) is 5.91 Å². The van der Waals surface area contributed by atoms with Crippen molar-refractivity contribution in [3.05, 3.63) is 58.7 Å². The molecule has 5 heteroatoms. The van der Waals surface area contributed by atoms with Crippen molar-refractivity contribution in [1.29, 1.82) is 0 Å². The van der Waals surface area contributed by atoms with Crippen LogP contribution < -0.4 is 10.2 Å². The molecule has 1 N–H and O–H groups in total. The van der Waals surface area contributed by atoms with Gasteiger partial charge in [0, 0.05) is 37.3 Å². The van der Waals surface area contributed by atoms with Crippen molar-refractivity contribution in [2.45, 2.75) is 45.1 Å². The summed E-state index contributed by atoms with van der Waals surface area (Å²) in [5.41, 5.74) is 2.22. The number of benzene rings is 1. The third kappa shape index (κ3) is 5.73. The van der Waals surface area contributed by atoms with Gasteiger partial charge in [0.25, 0.3) is 0 Å². The highest BCUT2D eigenvalue weighted by molar-refractivity contribution is 6.30. The molecule has 0 radical (unpaired) electrons. The van der Waals surface area contributed by atoms with Gasteiger partial charge in [0.05, 0.1) is 0 Å². The van der Waals surface area contributed by atoms with E-state index >= 15 is 0 Å². The highest BCUT2D eigenvalue weighted by Gasteiger charge is 2.11. The number of hydrogen-bond donors (Lipinski definition) is 1. The highest BCUT2D eigenvalue weighted by atomic mass is 35.5. The Labute approximate surface area is 160 Å². The first kappa shape index (κ1) is 18.7. The van der Waals surface area contributed by atoms with Crippen molar-refractivity contribution in [3.63, 3.8) is 0 Å². The maximum Gasteiger partial charge on any atom is 0.220 e. The van der Waals surface area contributed by atoms with Crippen molar-refractivity contribution < 1.29 is 4.79 Å². The second kappa shape index (κ2) is 9.58. The second-order valence-corrected chi connectivity index (χ2v) is 7.26. The van der Waals surface area contributed by atoms with Gasteiger partial charge in [-0.05, 0) is 54.7 Å². The number of amides is 1. The van der Waals surface area contributed by atoms with Crippen molar-refractivity contribution >= 4 is 23.3 Å². The van der Waals surface area contributed by atoms with Crippen LogP contribution >= 0.6 is 11.6 Å². The van der Waals surface area contributed by atoms with Gasteiger partial charge < -0.3 is 10.2 Å². The molecule has 1 amide bonds. The molecule has 4 nitrogen and oxygen atoms in total. The number of aromatic nitrogens is 1. The molecule has 1 aromatic heterocycles. The Kier molecular flexibility index (Phi) is 6.89. The predicted octanol–water partition coefficient (Wildman–Crippen LogP) is 4.36. The maximum atomic E-state index is 12.1. The molecule has 0 bridgehead atoms. The molecular weight excluding hydrogens is 346 g/mol. The van der Waals surface area contributed by atoms with Gasteiger partial charge in [0.1, 0.15) is 5.82 Å². The van der Waals surface area contributed by atoms with Gasteiger partial charge in [-0.15, -0.1) is 0 Å². The first-order valence-corrected chi connectivity index (χ1v) is 9.79. The minimum absolute atomic E-state index is 0.0630. The molecule has 0 spiro atoms. The summed E-state index contributed by atoms with van der Waals surface area (Å²) in [6.45, 7) is 2.69. The van der Waals surface area contributed by atoms with Gasteiger partial charge in [0.15, 0.2) is 0 Å². The minimum atomic E-state index is 0.0630. The molecule has 2 heterocycles. The molecule has 2 aromatic rings. The van der Waals surface area contributed by atoms with Gasteiger partial charge in [-0.25, -0.2) is 4.98 Å². The Morgan fingerprint density at radius 2 is 1.77 bits per heavy atom. The van der Waals surface area contributed by atoms with Crippen LogP contribution in [-0.4, -0.2) is 24.0 Å². The number of nitrogens with zero attached hydrogens (tertiary/aromatic N) is 2. The summed E-state index contributed by atoms with van der Waals surface area (Å²) >= 11 is 5.88. The molecule has 1 aliphatic heterocycles. The SMILES string of the molecule is O=C(CCc1ccc(Cl)cc1)NCc1ccnc(N2CCCCCC2)c1. The van der Waals surface area contributed by atoms with Gasteiger partial charge in [-0.3, -0.25) is 4.79 Å². The lowest BCUT2D eigenvalue weighted by molar-refractivity contribution is -0.121. The summed E-state index contributed by atoms with van der Waals surface area (Å²) in [5, 5.41) is 3.73. The first-order valence-electron chi connectivity index (χ1n) is 9.42. The molecule has 0 atom stereocenters. The van der Waals surface area contributed by atoms with E-state index in [1.807, 2.05) is 36.5 Å². The predicted molar refractivity (Wildman–Crippen MR) is 107 cm³/mol. The van der Waals surface area contributed by atoms with Crippen LogP contribution in [0.2, 0.25) is 5.02 Å². The molecule has 1 saturated heterocycles. The van der Waals surface area contributed by atoms with E-state index in [0.29, 0.717) is 13.0 Å². The third-order valence-electron chi connectivity index (χ3n) is 4.78. The Hall–Kier alpha value is -2.07. The lowest BCUT2D eigenvalue weighted by atomic mass is 10.1. The number of hydrogen-bond acceptors (Lipinski definition) is 3. The standard InChI is InChI=1S/C21H26ClN3O/c22-19-8-5-17(6-9-19)7-10-21(26)24-16-18-11-12-23-20(15-18)25-13-3-1-2-4-14-25/h5-6,8-9,11-12,15H,1-4,7,10,13-14,16H2,(H,24,26). The van der Waals surface area contributed by atoms with E-state index in [4.69, 9.17) is 11.6 Å². The van der Waals surface area contributed by atoms with Crippen molar-refractivity contribution in [1.82, 2.24) is 10.3 Å². The lowest BCUT2D eigenvalue weighted by Crippen LogP contribution is -2.26. The molecule has 1 aromatic carbocycles. The van der Waals surface area contributed by atoms with Crippen LogP contribution in [0.5, 0.6) is 0 Å². The molecule has 26 heavy (non-hydrogen) atoms. The summed E-state index contributed by atoms with van der Waals surface area (Å²) < 4.78 is 0. The average Bonchev–Trinajstić information content (AvgIpc) is 2.96. The molecule has 3 rings (SSSR count). The van der Waals surface area contributed by atoms with Crippen LogP contribution in [-0.2, 0) is 17.8 Å². The fourth-order valence-corrected chi connectivity index (χ4v) is 3.37. The van der Waals surface area contributed by atoms with E-state index in [2.05, 4.69) is 21.3 Å². The Bertz CT molecular complexity index is 709. The van der Waals surface area contributed by atoms with Crippen LogP contribution in [0.15, 0.2) is 42.6 Å². The largest absolute Gasteiger partial charge is 0.357 e. The van der Waals surface area contributed by atoms with Crippen LogP contribution in [0.4, 0.5) is 5.82 Å². The lowest BCUT2D eigenvalue weighted by Gasteiger charge is -2.21. The van der Waals surface area contributed by atoms with E-state index in [0.717, 1.165) is 41.5 Å². The molecule has 0 aliphatic carbocycles. The number of halogens is 1. The van der Waals surface area contributed by atoms with Gasteiger partial charge in [-0.1, -0.05) is 36.6 Å². The smallest absolute Gasteiger partial charge is 0.220 e. The number of carbonyl (C=O) groups excluding carboxylic acids is 1. The maximum absolute atomic E-state index is 12.1. The monoisotopic (exact) mass is 371 g/mol. The zero-order valence-electron chi connectivity index (χ0n) is 15.1. The molecule has 1 aliphatic rings. The minimum Gasteiger partial charge on any atom is -0.357 e. The van der Waals surface area contributed by atoms with Crippen LogP contribution in [0.25, 0.3) is 0 Å². The third-order valence-corrected chi connectivity index (χ3v) is 5.04. The molecule has 0 saturated carbocycles. The van der Waals surface area contributed by atoms with Crippen LogP contribution in [0, 0.1) is 0 Å². The molecule has 138 valence electrons. The molecule has 0 unspecified atom stereocenters. The number of nitrogens with one attached hydrogen (secondary N) is 1. The quantitative estimate of drug-likeness (QED) is 0.820. The highest BCUT2D eigenvalue weighted by Crippen LogP contribution is 2.18. The Morgan fingerprint density at radius 3 is 2.50 bits per heavy atom. The van der Waals surface area contributed by atoms with Crippen molar-refractivity contribution in [3.8, 4) is 0 Å². The molecular formula is C21H26ClN3O. The number of anilines is 1. The number of carbonyl (C=O) groups is 1.